The molecule has 0 aromatic carbocycles. The SMILES string of the molecule is CC(=O)N[C@@H](CC(=O)N1CCC[C@@H](n2cccn2)C1)c1cccs1. The number of rotatable bonds is 5. The van der Waals surface area contributed by atoms with Gasteiger partial charge in [0, 0.05) is 37.3 Å². The van der Waals surface area contributed by atoms with Crippen LogP contribution in [0.1, 0.15) is 43.1 Å². The van der Waals surface area contributed by atoms with E-state index >= 15 is 0 Å². The van der Waals surface area contributed by atoms with Gasteiger partial charge in [-0.25, -0.2) is 0 Å². The van der Waals surface area contributed by atoms with Gasteiger partial charge in [0.2, 0.25) is 11.8 Å². The molecule has 2 aromatic heterocycles. The van der Waals surface area contributed by atoms with Crippen LogP contribution < -0.4 is 5.32 Å². The minimum atomic E-state index is -0.250. The lowest BCUT2D eigenvalue weighted by Gasteiger charge is -2.33. The molecule has 3 rings (SSSR count). The smallest absolute Gasteiger partial charge is 0.225 e. The van der Waals surface area contributed by atoms with Crippen molar-refractivity contribution in [3.8, 4) is 0 Å². The van der Waals surface area contributed by atoms with Crippen molar-refractivity contribution in [2.75, 3.05) is 13.1 Å². The molecule has 0 aliphatic carbocycles. The summed E-state index contributed by atoms with van der Waals surface area (Å²) in [5, 5.41) is 9.16. The monoisotopic (exact) mass is 346 g/mol. The molecule has 24 heavy (non-hydrogen) atoms. The van der Waals surface area contributed by atoms with Gasteiger partial charge in [-0.2, -0.15) is 5.10 Å². The van der Waals surface area contributed by atoms with Crippen molar-refractivity contribution in [2.45, 2.75) is 38.3 Å². The predicted octanol–water partition coefficient (Wildman–Crippen LogP) is 2.38. The van der Waals surface area contributed by atoms with Crippen molar-refractivity contribution in [1.29, 1.82) is 0 Å². The van der Waals surface area contributed by atoms with Crippen LogP contribution in [0.5, 0.6) is 0 Å². The first kappa shape index (κ1) is 16.7. The van der Waals surface area contributed by atoms with E-state index in [0.717, 1.165) is 24.3 Å². The first-order valence-corrected chi connectivity index (χ1v) is 9.09. The molecule has 3 heterocycles. The van der Waals surface area contributed by atoms with E-state index in [-0.39, 0.29) is 23.9 Å². The number of hydrogen-bond donors (Lipinski definition) is 1. The lowest BCUT2D eigenvalue weighted by Crippen LogP contribution is -2.42. The average molecular weight is 346 g/mol. The molecular formula is C17H22N4O2S. The fourth-order valence-corrected chi connectivity index (χ4v) is 3.93. The summed E-state index contributed by atoms with van der Waals surface area (Å²) < 4.78 is 1.93. The van der Waals surface area contributed by atoms with E-state index in [9.17, 15) is 9.59 Å². The number of amides is 2. The van der Waals surface area contributed by atoms with Gasteiger partial charge >= 0.3 is 0 Å². The zero-order valence-electron chi connectivity index (χ0n) is 13.7. The molecule has 0 saturated carbocycles. The van der Waals surface area contributed by atoms with Crippen LogP contribution in [-0.2, 0) is 9.59 Å². The molecule has 0 radical (unpaired) electrons. The highest BCUT2D eigenvalue weighted by atomic mass is 32.1. The van der Waals surface area contributed by atoms with E-state index < -0.39 is 0 Å². The normalized spacial score (nSPS) is 19.0. The first-order chi connectivity index (χ1) is 11.6. The maximum absolute atomic E-state index is 12.7. The van der Waals surface area contributed by atoms with Crippen LogP contribution in [0, 0.1) is 0 Å². The number of likely N-dealkylation sites (tertiary alicyclic amines) is 1. The number of nitrogens with one attached hydrogen (secondary N) is 1. The van der Waals surface area contributed by atoms with E-state index in [2.05, 4.69) is 10.4 Å². The van der Waals surface area contributed by atoms with Crippen LogP contribution >= 0.6 is 11.3 Å². The number of piperidine rings is 1. The van der Waals surface area contributed by atoms with Gasteiger partial charge in [0.1, 0.15) is 0 Å². The Morgan fingerprint density at radius 2 is 2.33 bits per heavy atom. The van der Waals surface area contributed by atoms with Crippen molar-refractivity contribution in [2.24, 2.45) is 0 Å². The molecule has 0 bridgehead atoms. The summed E-state index contributed by atoms with van der Waals surface area (Å²) in [4.78, 5) is 27.1. The highest BCUT2D eigenvalue weighted by Crippen LogP contribution is 2.26. The molecule has 1 N–H and O–H groups in total. The number of carbonyl (C=O) groups excluding carboxylic acids is 2. The number of hydrogen-bond acceptors (Lipinski definition) is 4. The van der Waals surface area contributed by atoms with Crippen LogP contribution in [0.15, 0.2) is 36.0 Å². The van der Waals surface area contributed by atoms with Gasteiger partial charge in [0.05, 0.1) is 18.5 Å². The van der Waals surface area contributed by atoms with E-state index in [0.29, 0.717) is 13.0 Å². The Morgan fingerprint density at radius 3 is 3.00 bits per heavy atom. The van der Waals surface area contributed by atoms with Gasteiger partial charge in [0.15, 0.2) is 0 Å². The average Bonchev–Trinajstić information content (AvgIpc) is 3.27. The molecule has 6 nitrogen and oxygen atoms in total. The van der Waals surface area contributed by atoms with E-state index in [1.807, 2.05) is 39.4 Å². The van der Waals surface area contributed by atoms with Gasteiger partial charge in [-0.3, -0.25) is 14.3 Å². The number of carbonyl (C=O) groups is 2. The Hall–Kier alpha value is -2.15. The Labute approximate surface area is 145 Å². The summed E-state index contributed by atoms with van der Waals surface area (Å²) in [6, 6.07) is 5.79. The fourth-order valence-electron chi connectivity index (χ4n) is 3.16. The van der Waals surface area contributed by atoms with Crippen LogP contribution in [-0.4, -0.2) is 39.6 Å². The lowest BCUT2D eigenvalue weighted by molar-refractivity contribution is -0.133. The number of aromatic nitrogens is 2. The zero-order valence-corrected chi connectivity index (χ0v) is 14.5. The van der Waals surface area contributed by atoms with Crippen molar-refractivity contribution in [3.05, 3.63) is 40.8 Å². The Bertz CT molecular complexity index is 669. The second-order valence-corrected chi connectivity index (χ2v) is 7.07. The summed E-state index contributed by atoms with van der Waals surface area (Å²) in [5.41, 5.74) is 0. The predicted molar refractivity (Wildman–Crippen MR) is 92.6 cm³/mol. The van der Waals surface area contributed by atoms with Crippen LogP contribution in [0.25, 0.3) is 0 Å². The summed E-state index contributed by atoms with van der Waals surface area (Å²) in [6.45, 7) is 2.94. The maximum atomic E-state index is 12.7. The molecule has 2 atom stereocenters. The zero-order chi connectivity index (χ0) is 16.9. The second-order valence-electron chi connectivity index (χ2n) is 6.09. The van der Waals surface area contributed by atoms with Crippen LogP contribution in [0.3, 0.4) is 0 Å². The molecule has 128 valence electrons. The third-order valence-corrected chi connectivity index (χ3v) is 5.28. The molecular weight excluding hydrogens is 324 g/mol. The molecule has 2 amide bonds. The second kappa shape index (κ2) is 7.61. The van der Waals surface area contributed by atoms with E-state index in [1.165, 1.54) is 6.92 Å². The highest BCUT2D eigenvalue weighted by Gasteiger charge is 2.27. The largest absolute Gasteiger partial charge is 0.348 e. The Kier molecular flexibility index (Phi) is 5.30. The topological polar surface area (TPSA) is 67.2 Å². The summed E-state index contributed by atoms with van der Waals surface area (Å²) >= 11 is 1.56. The third kappa shape index (κ3) is 4.03. The van der Waals surface area contributed by atoms with Crippen molar-refractivity contribution >= 4 is 23.2 Å². The number of thiophene rings is 1. The quantitative estimate of drug-likeness (QED) is 0.904. The van der Waals surface area contributed by atoms with Gasteiger partial charge in [-0.15, -0.1) is 11.3 Å². The standard InChI is InChI=1S/C17H22N4O2S/c1-13(22)19-15(16-6-3-10-24-16)11-17(23)20-8-2-5-14(12-20)21-9-4-7-18-21/h3-4,6-7,9-10,14-15H,2,5,8,11-12H2,1H3,(H,19,22)/t14-,15+/m1/s1. The van der Waals surface area contributed by atoms with Gasteiger partial charge in [-0.05, 0) is 30.4 Å². The maximum Gasteiger partial charge on any atom is 0.225 e. The minimum Gasteiger partial charge on any atom is -0.348 e. The van der Waals surface area contributed by atoms with Gasteiger partial charge in [-0.1, -0.05) is 6.07 Å². The Balaban J connectivity index is 1.65. The minimum absolute atomic E-state index is 0.0824. The molecule has 1 saturated heterocycles. The molecule has 2 aromatic rings. The van der Waals surface area contributed by atoms with Crippen molar-refractivity contribution < 1.29 is 9.59 Å². The van der Waals surface area contributed by atoms with E-state index in [4.69, 9.17) is 0 Å². The molecule has 0 unspecified atom stereocenters. The third-order valence-electron chi connectivity index (χ3n) is 4.29. The van der Waals surface area contributed by atoms with Crippen molar-refractivity contribution in [1.82, 2.24) is 20.0 Å². The summed E-state index contributed by atoms with van der Waals surface area (Å²) in [7, 11) is 0. The van der Waals surface area contributed by atoms with Crippen LogP contribution in [0.2, 0.25) is 0 Å². The highest BCUT2D eigenvalue weighted by molar-refractivity contribution is 7.10. The first-order valence-electron chi connectivity index (χ1n) is 8.21. The number of nitrogens with zero attached hydrogens (tertiary/aromatic N) is 3. The van der Waals surface area contributed by atoms with Gasteiger partial charge in [0.25, 0.3) is 0 Å². The molecule has 7 heteroatoms. The molecule has 1 aliphatic heterocycles. The summed E-state index contributed by atoms with van der Waals surface area (Å²) in [5.74, 6) is -0.0340. The molecule has 1 aliphatic rings. The molecule has 0 spiro atoms. The van der Waals surface area contributed by atoms with Crippen molar-refractivity contribution in [3.63, 3.8) is 0 Å². The molecule has 1 fully saturated rings. The summed E-state index contributed by atoms with van der Waals surface area (Å²) in [6.07, 6.45) is 6.02. The van der Waals surface area contributed by atoms with E-state index in [1.54, 1.807) is 17.5 Å². The van der Waals surface area contributed by atoms with Crippen LogP contribution in [0.4, 0.5) is 0 Å². The lowest BCUT2D eigenvalue weighted by atomic mass is 10.0. The Morgan fingerprint density at radius 1 is 1.46 bits per heavy atom. The van der Waals surface area contributed by atoms with Gasteiger partial charge < -0.3 is 10.2 Å². The fraction of sp³-hybridized carbons (Fsp3) is 0.471.